The smallest absolute Gasteiger partial charge is 0.150 e. The summed E-state index contributed by atoms with van der Waals surface area (Å²) in [7, 11) is 0. The maximum Gasteiger partial charge on any atom is 0.150 e. The topological polar surface area (TPSA) is 20.2 Å². The van der Waals surface area contributed by atoms with Crippen LogP contribution in [0, 0.1) is 11.6 Å². The Bertz CT molecular complexity index is 315. The first kappa shape index (κ1) is 10.4. The van der Waals surface area contributed by atoms with E-state index in [-0.39, 0.29) is 5.56 Å². The van der Waals surface area contributed by atoms with Crippen molar-refractivity contribution in [2.24, 2.45) is 0 Å². The van der Waals surface area contributed by atoms with E-state index in [1.165, 1.54) is 6.07 Å². The minimum Gasteiger partial charge on any atom is -0.388 e. The van der Waals surface area contributed by atoms with Crippen LogP contribution in [0.15, 0.2) is 12.1 Å². The molecule has 1 nitrogen and oxygen atoms in total. The van der Waals surface area contributed by atoms with Crippen LogP contribution in [0.4, 0.5) is 8.78 Å². The molecule has 0 saturated carbocycles. The van der Waals surface area contributed by atoms with Crippen LogP contribution in [0.5, 0.6) is 0 Å². The highest BCUT2D eigenvalue weighted by molar-refractivity contribution is 6.30. The van der Waals surface area contributed by atoms with Crippen LogP contribution < -0.4 is 0 Å². The molecular weight excluding hydrogens is 198 g/mol. The lowest BCUT2D eigenvalue weighted by Crippen LogP contribution is -2.00. The molecule has 0 saturated heterocycles. The predicted molar refractivity (Wildman–Crippen MR) is 46.6 cm³/mol. The second-order valence-electron chi connectivity index (χ2n) is 2.69. The van der Waals surface area contributed by atoms with Crippen molar-refractivity contribution in [2.45, 2.75) is 19.4 Å². The minimum absolute atomic E-state index is 0.0360. The molecule has 1 aromatic carbocycles. The van der Waals surface area contributed by atoms with E-state index < -0.39 is 22.8 Å². The summed E-state index contributed by atoms with van der Waals surface area (Å²) in [4.78, 5) is 0. The van der Waals surface area contributed by atoms with Gasteiger partial charge in [0, 0.05) is 5.56 Å². The van der Waals surface area contributed by atoms with Gasteiger partial charge < -0.3 is 5.11 Å². The van der Waals surface area contributed by atoms with Gasteiger partial charge in [-0.25, -0.2) is 8.78 Å². The van der Waals surface area contributed by atoms with Gasteiger partial charge in [-0.1, -0.05) is 24.6 Å². The summed E-state index contributed by atoms with van der Waals surface area (Å²) < 4.78 is 25.8. The molecule has 0 spiro atoms. The molecule has 0 aromatic heterocycles. The fourth-order valence-corrected chi connectivity index (χ4v) is 1.19. The van der Waals surface area contributed by atoms with Crippen molar-refractivity contribution >= 4 is 11.6 Å². The molecule has 1 N–H and O–H groups in total. The molecule has 0 heterocycles. The van der Waals surface area contributed by atoms with E-state index in [2.05, 4.69) is 0 Å². The molecular formula is C9H9ClF2O. The fourth-order valence-electron chi connectivity index (χ4n) is 1.02. The summed E-state index contributed by atoms with van der Waals surface area (Å²) >= 11 is 5.32. The maximum atomic E-state index is 13.2. The molecule has 1 rings (SSSR count). The Balaban J connectivity index is 3.18. The number of aliphatic hydroxyl groups excluding tert-OH is 1. The number of benzene rings is 1. The van der Waals surface area contributed by atoms with Crippen molar-refractivity contribution in [1.29, 1.82) is 0 Å². The van der Waals surface area contributed by atoms with E-state index in [0.717, 1.165) is 6.07 Å². The Labute approximate surface area is 80.0 Å². The van der Waals surface area contributed by atoms with E-state index >= 15 is 0 Å². The molecule has 13 heavy (non-hydrogen) atoms. The van der Waals surface area contributed by atoms with Crippen LogP contribution in [-0.2, 0) is 0 Å². The largest absolute Gasteiger partial charge is 0.388 e. The van der Waals surface area contributed by atoms with Gasteiger partial charge in [0.25, 0.3) is 0 Å². The molecule has 1 atom stereocenters. The van der Waals surface area contributed by atoms with Crippen LogP contribution in [0.2, 0.25) is 5.02 Å². The summed E-state index contributed by atoms with van der Waals surface area (Å²) in [5.74, 6) is -1.69. The number of halogens is 3. The molecule has 1 unspecified atom stereocenters. The van der Waals surface area contributed by atoms with Crippen molar-refractivity contribution in [1.82, 2.24) is 0 Å². The average molecular weight is 207 g/mol. The fraction of sp³-hybridized carbons (Fsp3) is 0.333. The van der Waals surface area contributed by atoms with Crippen molar-refractivity contribution in [3.05, 3.63) is 34.4 Å². The summed E-state index contributed by atoms with van der Waals surface area (Å²) in [5.41, 5.74) is 0.0360. The monoisotopic (exact) mass is 206 g/mol. The zero-order valence-electron chi connectivity index (χ0n) is 7.02. The number of aliphatic hydroxyl groups is 1. The van der Waals surface area contributed by atoms with E-state index in [4.69, 9.17) is 11.6 Å². The highest BCUT2D eigenvalue weighted by Crippen LogP contribution is 2.27. The van der Waals surface area contributed by atoms with Gasteiger partial charge in [0.05, 0.1) is 6.10 Å². The number of hydrogen-bond donors (Lipinski definition) is 1. The van der Waals surface area contributed by atoms with Crippen LogP contribution in [-0.4, -0.2) is 5.11 Å². The van der Waals surface area contributed by atoms with Crippen molar-refractivity contribution in [3.63, 3.8) is 0 Å². The Morgan fingerprint density at radius 1 is 1.46 bits per heavy atom. The Morgan fingerprint density at radius 3 is 2.62 bits per heavy atom. The van der Waals surface area contributed by atoms with Gasteiger partial charge in [0.15, 0.2) is 5.82 Å². The van der Waals surface area contributed by atoms with Crippen LogP contribution in [0.25, 0.3) is 0 Å². The second kappa shape index (κ2) is 4.03. The van der Waals surface area contributed by atoms with Gasteiger partial charge >= 0.3 is 0 Å². The van der Waals surface area contributed by atoms with Crippen LogP contribution >= 0.6 is 11.6 Å². The Morgan fingerprint density at radius 2 is 2.08 bits per heavy atom. The van der Waals surface area contributed by atoms with E-state index in [9.17, 15) is 13.9 Å². The second-order valence-corrected chi connectivity index (χ2v) is 3.07. The van der Waals surface area contributed by atoms with Crippen LogP contribution in [0.3, 0.4) is 0 Å². The Kier molecular flexibility index (Phi) is 3.22. The van der Waals surface area contributed by atoms with Crippen molar-refractivity contribution in [3.8, 4) is 0 Å². The van der Waals surface area contributed by atoms with E-state index in [1.807, 2.05) is 0 Å². The van der Waals surface area contributed by atoms with E-state index in [1.54, 1.807) is 6.92 Å². The number of hydrogen-bond acceptors (Lipinski definition) is 1. The molecule has 0 fully saturated rings. The summed E-state index contributed by atoms with van der Waals surface area (Å²) in [5, 5.41) is 8.74. The predicted octanol–water partition coefficient (Wildman–Crippen LogP) is 3.06. The quantitative estimate of drug-likeness (QED) is 0.738. The lowest BCUT2D eigenvalue weighted by Gasteiger charge is -2.10. The van der Waals surface area contributed by atoms with Crippen molar-refractivity contribution in [2.75, 3.05) is 0 Å². The lowest BCUT2D eigenvalue weighted by atomic mass is 10.1. The van der Waals surface area contributed by atoms with Gasteiger partial charge in [0.2, 0.25) is 0 Å². The molecule has 72 valence electrons. The van der Waals surface area contributed by atoms with Gasteiger partial charge in [-0.3, -0.25) is 0 Å². The van der Waals surface area contributed by atoms with Crippen molar-refractivity contribution < 1.29 is 13.9 Å². The van der Waals surface area contributed by atoms with Crippen LogP contribution in [0.1, 0.15) is 25.0 Å². The molecule has 0 amide bonds. The van der Waals surface area contributed by atoms with Gasteiger partial charge in [-0.2, -0.15) is 0 Å². The number of rotatable bonds is 2. The molecule has 4 heteroatoms. The van der Waals surface area contributed by atoms with E-state index in [0.29, 0.717) is 6.42 Å². The van der Waals surface area contributed by atoms with Gasteiger partial charge in [0.1, 0.15) is 10.8 Å². The molecule has 0 aliphatic carbocycles. The summed E-state index contributed by atoms with van der Waals surface area (Å²) in [6.45, 7) is 1.70. The SMILES string of the molecule is CCC(O)c1ccc(F)c(Cl)c1F. The highest BCUT2D eigenvalue weighted by Gasteiger charge is 2.16. The van der Waals surface area contributed by atoms with Gasteiger partial charge in [-0.05, 0) is 12.5 Å². The molecule has 0 aliphatic rings. The average Bonchev–Trinajstić information content (AvgIpc) is 2.13. The first-order valence-corrected chi connectivity index (χ1v) is 4.27. The summed E-state index contributed by atoms with van der Waals surface area (Å²) in [6, 6.07) is 2.24. The maximum absolute atomic E-state index is 13.2. The molecule has 0 aliphatic heterocycles. The van der Waals surface area contributed by atoms with Gasteiger partial charge in [-0.15, -0.1) is 0 Å². The third kappa shape index (κ3) is 1.98. The molecule has 0 radical (unpaired) electrons. The lowest BCUT2D eigenvalue weighted by molar-refractivity contribution is 0.169. The molecule has 0 bridgehead atoms. The zero-order chi connectivity index (χ0) is 10.0. The highest BCUT2D eigenvalue weighted by atomic mass is 35.5. The third-order valence-corrected chi connectivity index (χ3v) is 2.16. The first-order valence-electron chi connectivity index (χ1n) is 3.89. The standard InChI is InChI=1S/C9H9ClF2O/c1-2-7(13)5-3-4-6(11)8(10)9(5)12/h3-4,7,13H,2H2,1H3. The minimum atomic E-state index is -0.932. The molecule has 1 aromatic rings. The third-order valence-electron chi connectivity index (χ3n) is 1.81. The zero-order valence-corrected chi connectivity index (χ0v) is 7.78. The Hall–Kier alpha value is -0.670. The normalized spacial score (nSPS) is 13.0. The first-order chi connectivity index (χ1) is 6.07. The summed E-state index contributed by atoms with van der Waals surface area (Å²) in [6.07, 6.45) is -0.572.